The summed E-state index contributed by atoms with van der Waals surface area (Å²) in [5, 5.41) is 5.60. The number of nitrogens with zero attached hydrogens (tertiary/aromatic N) is 1. The second kappa shape index (κ2) is 4.82. The molecule has 1 N–H and O–H groups in total. The maximum Gasteiger partial charge on any atom is 0.241 e. The van der Waals surface area contributed by atoms with Crippen LogP contribution in [0.3, 0.4) is 0 Å². The van der Waals surface area contributed by atoms with E-state index in [9.17, 15) is 4.79 Å². The summed E-state index contributed by atoms with van der Waals surface area (Å²) in [6.07, 6.45) is 0.920. The van der Waals surface area contributed by atoms with Crippen molar-refractivity contribution in [1.29, 1.82) is 0 Å². The van der Waals surface area contributed by atoms with E-state index >= 15 is 0 Å². The molecule has 1 amide bonds. The van der Waals surface area contributed by atoms with E-state index in [1.807, 2.05) is 0 Å². The van der Waals surface area contributed by atoms with Gasteiger partial charge in [0.15, 0.2) is 0 Å². The molecule has 2 heterocycles. The lowest BCUT2D eigenvalue weighted by atomic mass is 10.0. The van der Waals surface area contributed by atoms with Gasteiger partial charge in [0, 0.05) is 11.4 Å². The van der Waals surface area contributed by atoms with Gasteiger partial charge in [-0.05, 0) is 34.6 Å². The average Bonchev–Trinajstić information content (AvgIpc) is 2.91. The quantitative estimate of drug-likeness (QED) is 0.921. The third kappa shape index (κ3) is 2.15. The zero-order valence-corrected chi connectivity index (χ0v) is 14.5. The van der Waals surface area contributed by atoms with Crippen LogP contribution >= 0.6 is 11.3 Å². The molecule has 1 aromatic rings. The Hall–Kier alpha value is -0.870. The first-order valence-corrected chi connectivity index (χ1v) is 8.78. The van der Waals surface area contributed by atoms with E-state index in [1.54, 1.807) is 11.3 Å². The van der Waals surface area contributed by atoms with Crippen LogP contribution in [-0.4, -0.2) is 23.4 Å². The molecule has 3 nitrogen and oxygen atoms in total. The average molecular weight is 306 g/mol. The lowest BCUT2D eigenvalue weighted by Gasteiger charge is -2.24. The van der Waals surface area contributed by atoms with Gasteiger partial charge in [-0.3, -0.25) is 10.1 Å². The summed E-state index contributed by atoms with van der Waals surface area (Å²) >= 11 is 1.73. The first kappa shape index (κ1) is 15.0. The van der Waals surface area contributed by atoms with Gasteiger partial charge < -0.3 is 4.90 Å². The molecule has 1 saturated heterocycles. The first-order chi connectivity index (χ1) is 9.80. The summed E-state index contributed by atoms with van der Waals surface area (Å²) in [6, 6.07) is 4.17. The molecule has 0 aromatic carbocycles. The number of nitrogens with one attached hydrogen (secondary N) is 1. The number of hydrogen-bond donors (Lipinski definition) is 1. The minimum absolute atomic E-state index is 0.0259. The van der Waals surface area contributed by atoms with Gasteiger partial charge in [-0.25, -0.2) is 0 Å². The SMILES string of the molecule is CCC1NC(c2cccs2)N(CC2C(C)(C)C2(C)C)C1=O. The lowest BCUT2D eigenvalue weighted by Crippen LogP contribution is -2.33. The monoisotopic (exact) mass is 306 g/mol. The van der Waals surface area contributed by atoms with E-state index < -0.39 is 0 Å². The van der Waals surface area contributed by atoms with Crippen molar-refractivity contribution in [1.82, 2.24) is 10.2 Å². The van der Waals surface area contributed by atoms with Crippen molar-refractivity contribution < 1.29 is 4.79 Å². The van der Waals surface area contributed by atoms with Crippen molar-refractivity contribution in [2.24, 2.45) is 16.7 Å². The summed E-state index contributed by atoms with van der Waals surface area (Å²) in [4.78, 5) is 16.0. The third-order valence-corrected chi connectivity index (χ3v) is 7.10. The van der Waals surface area contributed by atoms with Crippen LogP contribution in [0.5, 0.6) is 0 Å². The molecule has 116 valence electrons. The normalized spacial score (nSPS) is 30.9. The fourth-order valence-electron chi connectivity index (χ4n) is 3.84. The Morgan fingerprint density at radius 3 is 2.43 bits per heavy atom. The van der Waals surface area contributed by atoms with E-state index in [4.69, 9.17) is 0 Å². The smallest absolute Gasteiger partial charge is 0.241 e. The number of rotatable bonds is 4. The molecule has 0 spiro atoms. The van der Waals surface area contributed by atoms with E-state index in [2.05, 4.69) is 62.3 Å². The predicted molar refractivity (Wildman–Crippen MR) is 87.0 cm³/mol. The van der Waals surface area contributed by atoms with E-state index in [0.29, 0.717) is 16.7 Å². The van der Waals surface area contributed by atoms with Crippen LogP contribution in [0, 0.1) is 16.7 Å². The molecule has 4 heteroatoms. The Morgan fingerprint density at radius 2 is 1.95 bits per heavy atom. The summed E-state index contributed by atoms with van der Waals surface area (Å²) in [7, 11) is 0. The Labute approximate surface area is 131 Å². The highest BCUT2D eigenvalue weighted by atomic mass is 32.1. The number of amides is 1. The molecular weight excluding hydrogens is 280 g/mol. The van der Waals surface area contributed by atoms with Crippen LogP contribution in [-0.2, 0) is 4.79 Å². The van der Waals surface area contributed by atoms with Crippen molar-refractivity contribution >= 4 is 17.2 Å². The maximum absolute atomic E-state index is 12.7. The second-order valence-corrected chi connectivity index (χ2v) is 8.51. The molecule has 2 aliphatic rings. The minimum Gasteiger partial charge on any atom is -0.320 e. The van der Waals surface area contributed by atoms with Crippen LogP contribution in [0.2, 0.25) is 0 Å². The summed E-state index contributed by atoms with van der Waals surface area (Å²) in [5.41, 5.74) is 0.634. The summed E-state index contributed by atoms with van der Waals surface area (Å²) in [6.45, 7) is 12.2. The van der Waals surface area contributed by atoms with Gasteiger partial charge >= 0.3 is 0 Å². The topological polar surface area (TPSA) is 32.3 Å². The minimum atomic E-state index is -0.0259. The zero-order valence-electron chi connectivity index (χ0n) is 13.6. The molecule has 1 saturated carbocycles. The predicted octanol–water partition coefficient (Wildman–Crippen LogP) is 3.64. The molecule has 2 atom stereocenters. The number of carbonyl (C=O) groups excluding carboxylic acids is 1. The van der Waals surface area contributed by atoms with Crippen LogP contribution in [0.4, 0.5) is 0 Å². The highest BCUT2D eigenvalue weighted by Gasteiger charge is 2.65. The maximum atomic E-state index is 12.7. The molecular formula is C17H26N2OS. The zero-order chi connectivity index (χ0) is 15.4. The highest BCUT2D eigenvalue weighted by molar-refractivity contribution is 7.10. The standard InChI is InChI=1S/C17H26N2OS/c1-6-11-15(20)19(10-13-16(2,3)17(13,4)5)14(18-11)12-8-7-9-21-12/h7-9,11,13-14,18H,6,10H2,1-5H3. The lowest BCUT2D eigenvalue weighted by molar-refractivity contribution is -0.130. The number of thiophene rings is 1. The highest BCUT2D eigenvalue weighted by Crippen LogP contribution is 2.68. The number of hydrogen-bond acceptors (Lipinski definition) is 3. The van der Waals surface area contributed by atoms with Crippen LogP contribution in [0.25, 0.3) is 0 Å². The van der Waals surface area contributed by atoms with Gasteiger partial charge in [0.2, 0.25) is 5.91 Å². The number of carbonyl (C=O) groups is 1. The fraction of sp³-hybridized carbons (Fsp3) is 0.706. The molecule has 21 heavy (non-hydrogen) atoms. The molecule has 3 rings (SSSR count). The van der Waals surface area contributed by atoms with Gasteiger partial charge in [-0.1, -0.05) is 40.7 Å². The van der Waals surface area contributed by atoms with Gasteiger partial charge in [0.05, 0.1) is 6.04 Å². The van der Waals surface area contributed by atoms with E-state index in [1.165, 1.54) is 4.88 Å². The fourth-order valence-corrected chi connectivity index (χ4v) is 4.63. The van der Waals surface area contributed by atoms with Gasteiger partial charge in [0.1, 0.15) is 6.17 Å². The van der Waals surface area contributed by atoms with E-state index in [0.717, 1.165) is 13.0 Å². The van der Waals surface area contributed by atoms with Crippen LogP contribution in [0.1, 0.15) is 52.1 Å². The van der Waals surface area contributed by atoms with E-state index in [-0.39, 0.29) is 18.1 Å². The molecule has 1 aromatic heterocycles. The molecule has 1 aliphatic heterocycles. The van der Waals surface area contributed by atoms with Gasteiger partial charge in [0.25, 0.3) is 0 Å². The van der Waals surface area contributed by atoms with Crippen LogP contribution < -0.4 is 5.32 Å². The molecule has 0 radical (unpaired) electrons. The molecule has 1 aliphatic carbocycles. The third-order valence-electron chi connectivity index (χ3n) is 6.17. The Morgan fingerprint density at radius 1 is 1.29 bits per heavy atom. The summed E-state index contributed by atoms with van der Waals surface area (Å²) in [5.74, 6) is 0.850. The molecule has 2 fully saturated rings. The Bertz CT molecular complexity index is 521. The van der Waals surface area contributed by atoms with Crippen molar-refractivity contribution in [2.75, 3.05) is 6.54 Å². The molecule has 0 bridgehead atoms. The first-order valence-electron chi connectivity index (χ1n) is 7.90. The van der Waals surface area contributed by atoms with Gasteiger partial charge in [-0.2, -0.15) is 0 Å². The van der Waals surface area contributed by atoms with Crippen molar-refractivity contribution in [2.45, 2.75) is 53.2 Å². The van der Waals surface area contributed by atoms with Gasteiger partial charge in [-0.15, -0.1) is 11.3 Å². The second-order valence-electron chi connectivity index (χ2n) is 7.53. The Balaban J connectivity index is 1.83. The van der Waals surface area contributed by atoms with Crippen molar-refractivity contribution in [3.05, 3.63) is 22.4 Å². The largest absolute Gasteiger partial charge is 0.320 e. The molecule has 2 unspecified atom stereocenters. The van der Waals surface area contributed by atoms with Crippen molar-refractivity contribution in [3.63, 3.8) is 0 Å². The Kier molecular flexibility index (Phi) is 3.45. The van der Waals surface area contributed by atoms with Crippen LogP contribution in [0.15, 0.2) is 17.5 Å². The van der Waals surface area contributed by atoms with Crippen molar-refractivity contribution in [3.8, 4) is 0 Å². The summed E-state index contributed by atoms with van der Waals surface area (Å²) < 4.78 is 0.